The van der Waals surface area contributed by atoms with E-state index in [-0.39, 0.29) is 5.41 Å². The quantitative estimate of drug-likeness (QED) is 0.844. The van der Waals surface area contributed by atoms with Crippen LogP contribution in [0.3, 0.4) is 0 Å². The van der Waals surface area contributed by atoms with Crippen LogP contribution in [0.25, 0.3) is 0 Å². The van der Waals surface area contributed by atoms with Crippen molar-refractivity contribution in [3.8, 4) is 0 Å². The second-order valence-electron chi connectivity index (χ2n) is 7.66. The van der Waals surface area contributed by atoms with Crippen molar-refractivity contribution in [3.63, 3.8) is 0 Å². The first-order chi connectivity index (χ1) is 10.0. The highest BCUT2D eigenvalue weighted by atomic mass is 15.3. The predicted octanol–water partition coefficient (Wildman–Crippen LogP) is 4.35. The molecule has 0 bridgehead atoms. The average molecular weight is 291 g/mol. The van der Waals surface area contributed by atoms with Crippen LogP contribution < -0.4 is 5.32 Å². The summed E-state index contributed by atoms with van der Waals surface area (Å²) in [6.07, 6.45) is 11.1. The molecule has 0 radical (unpaired) electrons. The lowest BCUT2D eigenvalue weighted by Gasteiger charge is -2.31. The molecule has 1 unspecified atom stereocenters. The highest BCUT2D eigenvalue weighted by Gasteiger charge is 2.25. The number of nitrogens with zero attached hydrogens (tertiary/aromatic N) is 2. The van der Waals surface area contributed by atoms with Gasteiger partial charge in [-0.15, -0.1) is 0 Å². The molecule has 0 amide bonds. The summed E-state index contributed by atoms with van der Waals surface area (Å²) in [4.78, 5) is 0. The number of hydrogen-bond acceptors (Lipinski definition) is 2. The highest BCUT2D eigenvalue weighted by Crippen LogP contribution is 2.28. The van der Waals surface area contributed by atoms with Gasteiger partial charge in [0.05, 0.1) is 11.7 Å². The van der Waals surface area contributed by atoms with E-state index in [4.69, 9.17) is 5.10 Å². The lowest BCUT2D eigenvalue weighted by atomic mass is 9.84. The van der Waals surface area contributed by atoms with Crippen molar-refractivity contribution in [2.75, 3.05) is 6.54 Å². The molecule has 1 fully saturated rings. The first-order valence-corrected chi connectivity index (χ1v) is 8.78. The van der Waals surface area contributed by atoms with Crippen molar-refractivity contribution in [1.29, 1.82) is 0 Å². The number of nitrogens with one attached hydrogen (secondary N) is 1. The normalized spacial score (nSPS) is 18.9. The zero-order chi connectivity index (χ0) is 15.3. The van der Waals surface area contributed by atoms with Gasteiger partial charge in [0.1, 0.15) is 0 Å². The summed E-state index contributed by atoms with van der Waals surface area (Å²) in [5, 5.41) is 8.57. The van der Waals surface area contributed by atoms with E-state index < -0.39 is 0 Å². The third-order valence-electron chi connectivity index (χ3n) is 4.71. The summed E-state index contributed by atoms with van der Waals surface area (Å²) >= 11 is 0. The van der Waals surface area contributed by atoms with Gasteiger partial charge in [-0.05, 0) is 37.3 Å². The topological polar surface area (TPSA) is 29.9 Å². The smallest absolute Gasteiger partial charge is 0.0640 e. The Kier molecular flexibility index (Phi) is 5.86. The van der Waals surface area contributed by atoms with Crippen LogP contribution in [0.1, 0.15) is 78.0 Å². The summed E-state index contributed by atoms with van der Waals surface area (Å²) in [6.45, 7) is 10.3. The van der Waals surface area contributed by atoms with Crippen LogP contribution in [0.4, 0.5) is 0 Å². The summed E-state index contributed by atoms with van der Waals surface area (Å²) in [5.74, 6) is 0. The minimum Gasteiger partial charge on any atom is -0.313 e. The Labute approximate surface area is 130 Å². The lowest BCUT2D eigenvalue weighted by molar-refractivity contribution is 0.263. The van der Waals surface area contributed by atoms with Gasteiger partial charge >= 0.3 is 0 Å². The van der Waals surface area contributed by atoms with Crippen LogP contribution in [0.2, 0.25) is 0 Å². The van der Waals surface area contributed by atoms with Crippen LogP contribution >= 0.6 is 0 Å². The molecule has 1 aromatic heterocycles. The predicted molar refractivity (Wildman–Crippen MR) is 89.6 cm³/mol. The zero-order valence-corrected chi connectivity index (χ0v) is 14.4. The Balaban J connectivity index is 1.98. The maximum atomic E-state index is 4.87. The van der Waals surface area contributed by atoms with Gasteiger partial charge in [-0.3, -0.25) is 4.68 Å². The van der Waals surface area contributed by atoms with Gasteiger partial charge < -0.3 is 5.32 Å². The molecule has 1 heterocycles. The Morgan fingerprint density at radius 3 is 2.62 bits per heavy atom. The summed E-state index contributed by atoms with van der Waals surface area (Å²) < 4.78 is 2.23. The van der Waals surface area contributed by atoms with Gasteiger partial charge in [0, 0.05) is 18.7 Å². The fraction of sp³-hybridized carbons (Fsp3) is 0.833. The number of aromatic nitrogens is 2. The molecule has 21 heavy (non-hydrogen) atoms. The van der Waals surface area contributed by atoms with E-state index in [9.17, 15) is 0 Å². The molecule has 0 aromatic carbocycles. The molecule has 3 nitrogen and oxygen atoms in total. The van der Waals surface area contributed by atoms with Crippen LogP contribution in [-0.4, -0.2) is 22.4 Å². The second kappa shape index (κ2) is 7.44. The molecule has 3 heteroatoms. The van der Waals surface area contributed by atoms with E-state index in [0.29, 0.717) is 12.1 Å². The van der Waals surface area contributed by atoms with Gasteiger partial charge in [0.2, 0.25) is 0 Å². The largest absolute Gasteiger partial charge is 0.313 e. The molecule has 0 saturated heterocycles. The van der Waals surface area contributed by atoms with Gasteiger partial charge in [-0.25, -0.2) is 0 Å². The molecule has 1 N–H and O–H groups in total. The van der Waals surface area contributed by atoms with Crippen LogP contribution in [0.5, 0.6) is 0 Å². The standard InChI is InChI=1S/C18H33N3/c1-5-12-19-17(18(2,3)4)14-15-11-13-21(20-15)16-9-7-6-8-10-16/h11,13,16-17,19H,5-10,12,14H2,1-4H3. The minimum absolute atomic E-state index is 0.268. The van der Waals surface area contributed by atoms with E-state index in [1.807, 2.05) is 0 Å². The van der Waals surface area contributed by atoms with Crippen LogP contribution in [0, 0.1) is 5.41 Å². The monoisotopic (exact) mass is 291 g/mol. The third kappa shape index (κ3) is 4.84. The van der Waals surface area contributed by atoms with Gasteiger partial charge in [-0.1, -0.05) is 47.0 Å². The molecule has 1 aliphatic rings. The van der Waals surface area contributed by atoms with Gasteiger partial charge in [0.25, 0.3) is 0 Å². The first-order valence-electron chi connectivity index (χ1n) is 8.78. The molecular formula is C18H33N3. The highest BCUT2D eigenvalue weighted by molar-refractivity contribution is 5.04. The first kappa shape index (κ1) is 16.5. The maximum Gasteiger partial charge on any atom is 0.0640 e. The number of hydrogen-bond donors (Lipinski definition) is 1. The lowest BCUT2D eigenvalue weighted by Crippen LogP contribution is -2.42. The second-order valence-corrected chi connectivity index (χ2v) is 7.66. The van der Waals surface area contributed by atoms with Crippen molar-refractivity contribution in [2.45, 2.75) is 84.7 Å². The molecule has 0 spiro atoms. The number of rotatable bonds is 6. The van der Waals surface area contributed by atoms with E-state index >= 15 is 0 Å². The molecule has 2 rings (SSSR count). The Bertz CT molecular complexity index is 410. The summed E-state index contributed by atoms with van der Waals surface area (Å²) in [5.41, 5.74) is 1.51. The maximum absolute atomic E-state index is 4.87. The summed E-state index contributed by atoms with van der Waals surface area (Å²) in [7, 11) is 0. The molecule has 1 aromatic rings. The summed E-state index contributed by atoms with van der Waals surface area (Å²) in [6, 6.07) is 3.36. The van der Waals surface area contributed by atoms with Crippen molar-refractivity contribution in [3.05, 3.63) is 18.0 Å². The van der Waals surface area contributed by atoms with Crippen molar-refractivity contribution in [1.82, 2.24) is 15.1 Å². The van der Waals surface area contributed by atoms with Crippen molar-refractivity contribution in [2.24, 2.45) is 5.41 Å². The van der Waals surface area contributed by atoms with Gasteiger partial charge in [0.15, 0.2) is 0 Å². The van der Waals surface area contributed by atoms with E-state index in [0.717, 1.165) is 13.0 Å². The van der Waals surface area contributed by atoms with E-state index in [1.165, 1.54) is 44.2 Å². The molecule has 1 aliphatic carbocycles. The molecular weight excluding hydrogens is 258 g/mol. The third-order valence-corrected chi connectivity index (χ3v) is 4.71. The zero-order valence-electron chi connectivity index (χ0n) is 14.4. The Morgan fingerprint density at radius 2 is 2.00 bits per heavy atom. The fourth-order valence-corrected chi connectivity index (χ4v) is 3.25. The van der Waals surface area contributed by atoms with Crippen LogP contribution in [-0.2, 0) is 6.42 Å². The SMILES string of the molecule is CCCNC(Cc1ccn(C2CCCCC2)n1)C(C)(C)C. The van der Waals surface area contributed by atoms with Crippen molar-refractivity contribution < 1.29 is 0 Å². The van der Waals surface area contributed by atoms with Crippen molar-refractivity contribution >= 4 is 0 Å². The molecule has 1 atom stereocenters. The fourth-order valence-electron chi connectivity index (χ4n) is 3.25. The van der Waals surface area contributed by atoms with Crippen LogP contribution in [0.15, 0.2) is 12.3 Å². The Morgan fingerprint density at radius 1 is 1.29 bits per heavy atom. The molecule has 120 valence electrons. The van der Waals surface area contributed by atoms with E-state index in [2.05, 4.69) is 50.0 Å². The molecule has 1 saturated carbocycles. The van der Waals surface area contributed by atoms with E-state index in [1.54, 1.807) is 0 Å². The van der Waals surface area contributed by atoms with Gasteiger partial charge in [-0.2, -0.15) is 5.10 Å². The minimum atomic E-state index is 0.268. The average Bonchev–Trinajstić information content (AvgIpc) is 2.92. The Hall–Kier alpha value is -0.830. The molecule has 0 aliphatic heterocycles.